The lowest BCUT2D eigenvalue weighted by atomic mass is 10.1. The second-order valence-electron chi connectivity index (χ2n) is 8.58. The van der Waals surface area contributed by atoms with E-state index in [0.717, 1.165) is 11.3 Å². The van der Waals surface area contributed by atoms with Crippen molar-refractivity contribution in [3.8, 4) is 0 Å². The Balaban J connectivity index is 0.00000259. The van der Waals surface area contributed by atoms with Crippen molar-refractivity contribution >= 4 is 17.5 Å². The molecule has 12 heteroatoms. The Morgan fingerprint density at radius 1 is 1.41 bits per heavy atom. The first-order valence-electron chi connectivity index (χ1n) is 10.5. The summed E-state index contributed by atoms with van der Waals surface area (Å²) in [6.45, 7) is 0.439. The van der Waals surface area contributed by atoms with Crippen LogP contribution in [0.1, 0.15) is 24.8 Å². The fraction of sp³-hybridized carbons (Fsp3) is 0.600. The standard InChI is InChI=1S/C20H23F3N6O3.H2/c1-27-13(2-4-25-27)14(30)9-29-16(20(21,22)23)3-5-28-18(31)7-17(26-19(28)29)24-8-15-12-6-11(12)10-32-15;/h2,4,7,11-12,15-16,24H,3,5-6,8-10H2,1H3;1H/t11?,12?,15-,16+;/m1./s1. The number of hydrogen-bond donors (Lipinski definition) is 1. The van der Waals surface area contributed by atoms with Gasteiger partial charge in [0, 0.05) is 33.8 Å². The largest absolute Gasteiger partial charge is 0.408 e. The third kappa shape index (κ3) is 3.76. The molecule has 1 saturated carbocycles. The van der Waals surface area contributed by atoms with E-state index in [1.54, 1.807) is 7.05 Å². The number of alkyl halides is 3. The lowest BCUT2D eigenvalue weighted by molar-refractivity contribution is -0.152. The van der Waals surface area contributed by atoms with Crippen molar-refractivity contribution in [1.29, 1.82) is 0 Å². The van der Waals surface area contributed by atoms with Crippen LogP contribution in [0.15, 0.2) is 23.1 Å². The van der Waals surface area contributed by atoms with Crippen molar-refractivity contribution < 1.29 is 24.1 Å². The number of nitrogens with zero attached hydrogens (tertiary/aromatic N) is 5. The molecule has 2 aromatic heterocycles. The second-order valence-corrected chi connectivity index (χ2v) is 8.58. The molecule has 9 nitrogen and oxygen atoms in total. The number of Topliss-reactive ketones (excluding diaryl/α,β-unsaturated/α-hetero) is 1. The Morgan fingerprint density at radius 3 is 2.84 bits per heavy atom. The maximum Gasteiger partial charge on any atom is 0.408 e. The summed E-state index contributed by atoms with van der Waals surface area (Å²) in [7, 11) is 1.54. The van der Waals surface area contributed by atoms with Crippen LogP contribution in [0.25, 0.3) is 0 Å². The summed E-state index contributed by atoms with van der Waals surface area (Å²) in [5.41, 5.74) is -0.287. The number of anilines is 2. The average molecular weight is 454 g/mol. The van der Waals surface area contributed by atoms with E-state index in [4.69, 9.17) is 4.74 Å². The zero-order valence-electron chi connectivity index (χ0n) is 17.4. The molecule has 0 radical (unpaired) electrons. The maximum atomic E-state index is 13.8. The van der Waals surface area contributed by atoms with E-state index < -0.39 is 30.1 Å². The number of ether oxygens (including phenoxy) is 1. The minimum Gasteiger partial charge on any atom is -0.376 e. The summed E-state index contributed by atoms with van der Waals surface area (Å²) in [6, 6.07) is 0.796. The summed E-state index contributed by atoms with van der Waals surface area (Å²) < 4.78 is 49.7. The third-order valence-electron chi connectivity index (χ3n) is 6.51. The molecule has 0 spiro atoms. The average Bonchev–Trinajstić information content (AvgIpc) is 3.19. The van der Waals surface area contributed by atoms with Gasteiger partial charge in [0.1, 0.15) is 17.6 Å². The van der Waals surface area contributed by atoms with Crippen molar-refractivity contribution in [3.05, 3.63) is 34.4 Å². The smallest absolute Gasteiger partial charge is 0.376 e. The highest BCUT2D eigenvalue weighted by molar-refractivity contribution is 5.97. The first-order chi connectivity index (χ1) is 15.2. The van der Waals surface area contributed by atoms with E-state index in [-0.39, 0.29) is 38.0 Å². The highest BCUT2D eigenvalue weighted by Gasteiger charge is 2.49. The molecule has 5 rings (SSSR count). The van der Waals surface area contributed by atoms with Gasteiger partial charge in [-0.25, -0.2) is 0 Å². The normalized spacial score (nSPS) is 26.6. The summed E-state index contributed by atoms with van der Waals surface area (Å²) in [4.78, 5) is 30.6. The van der Waals surface area contributed by atoms with Gasteiger partial charge in [-0.1, -0.05) is 0 Å². The molecule has 1 aliphatic carbocycles. The SMILES string of the molecule is Cn1nccc1C(=O)CN1c2nc(NC[C@H]3OCC4CC43)cc(=O)n2CC[C@H]1C(F)(F)F.[HH]. The Kier molecular flexibility index (Phi) is 4.99. The van der Waals surface area contributed by atoms with Gasteiger partial charge in [-0.3, -0.25) is 18.8 Å². The highest BCUT2D eigenvalue weighted by Crippen LogP contribution is 2.47. The van der Waals surface area contributed by atoms with E-state index in [0.29, 0.717) is 25.0 Å². The first-order valence-corrected chi connectivity index (χ1v) is 10.5. The number of fused-ring (bicyclic) bond motifs is 2. The van der Waals surface area contributed by atoms with Crippen LogP contribution < -0.4 is 15.8 Å². The maximum absolute atomic E-state index is 13.8. The molecule has 0 bridgehead atoms. The summed E-state index contributed by atoms with van der Waals surface area (Å²) in [6.07, 6.45) is -2.41. The summed E-state index contributed by atoms with van der Waals surface area (Å²) in [5, 5.41) is 6.95. The topological polar surface area (TPSA) is 94.3 Å². The van der Waals surface area contributed by atoms with Gasteiger partial charge in [0.15, 0.2) is 5.78 Å². The molecule has 0 aromatic carbocycles. The van der Waals surface area contributed by atoms with Gasteiger partial charge in [-0.15, -0.1) is 0 Å². The lowest BCUT2D eigenvalue weighted by Crippen LogP contribution is -2.54. The monoisotopic (exact) mass is 454 g/mol. The zero-order chi connectivity index (χ0) is 22.6. The van der Waals surface area contributed by atoms with Gasteiger partial charge in [-0.05, 0) is 30.7 Å². The van der Waals surface area contributed by atoms with Crippen LogP contribution in [0.2, 0.25) is 0 Å². The lowest BCUT2D eigenvalue weighted by Gasteiger charge is -2.38. The van der Waals surface area contributed by atoms with Crippen molar-refractivity contribution in [2.45, 2.75) is 37.7 Å². The molecule has 4 heterocycles. The Bertz CT molecular complexity index is 1100. The molecule has 3 aliphatic rings. The number of rotatable bonds is 6. The molecule has 174 valence electrons. The number of nitrogens with one attached hydrogen (secondary N) is 1. The van der Waals surface area contributed by atoms with E-state index in [2.05, 4.69) is 15.4 Å². The number of aromatic nitrogens is 4. The van der Waals surface area contributed by atoms with Crippen molar-refractivity contribution in [2.75, 3.05) is 29.9 Å². The van der Waals surface area contributed by atoms with Crippen LogP contribution in [-0.2, 0) is 18.3 Å². The van der Waals surface area contributed by atoms with Crippen LogP contribution in [0.3, 0.4) is 0 Å². The third-order valence-corrected chi connectivity index (χ3v) is 6.51. The Hall–Kier alpha value is -2.89. The van der Waals surface area contributed by atoms with Gasteiger partial charge in [0.05, 0.1) is 19.3 Å². The quantitative estimate of drug-likeness (QED) is 0.664. The molecule has 4 atom stereocenters. The number of carbonyl (C=O) groups is 1. The molecule has 2 aromatic rings. The molecular weight excluding hydrogens is 429 g/mol. The molecule has 32 heavy (non-hydrogen) atoms. The second kappa shape index (κ2) is 7.61. The van der Waals surface area contributed by atoms with E-state index >= 15 is 0 Å². The van der Waals surface area contributed by atoms with Crippen molar-refractivity contribution in [2.24, 2.45) is 18.9 Å². The highest BCUT2D eigenvalue weighted by atomic mass is 19.4. The minimum absolute atomic E-state index is 0. The van der Waals surface area contributed by atoms with Gasteiger partial charge in [0.25, 0.3) is 5.56 Å². The van der Waals surface area contributed by atoms with Crippen LogP contribution in [0.5, 0.6) is 0 Å². The minimum atomic E-state index is -4.59. The Morgan fingerprint density at radius 2 is 2.22 bits per heavy atom. The predicted molar refractivity (Wildman–Crippen MR) is 110 cm³/mol. The fourth-order valence-electron chi connectivity index (χ4n) is 4.67. The fourth-order valence-corrected chi connectivity index (χ4v) is 4.67. The molecular formula is C20H25F3N6O3. The summed E-state index contributed by atoms with van der Waals surface area (Å²) in [5.74, 6) is 0.545. The molecule has 2 aliphatic heterocycles. The van der Waals surface area contributed by atoms with Crippen LogP contribution in [0, 0.1) is 11.8 Å². The zero-order valence-corrected chi connectivity index (χ0v) is 17.4. The van der Waals surface area contributed by atoms with Crippen molar-refractivity contribution in [3.63, 3.8) is 0 Å². The van der Waals surface area contributed by atoms with Gasteiger partial charge >= 0.3 is 6.18 Å². The van der Waals surface area contributed by atoms with E-state index in [1.165, 1.54) is 27.6 Å². The summed E-state index contributed by atoms with van der Waals surface area (Å²) >= 11 is 0. The van der Waals surface area contributed by atoms with Crippen LogP contribution in [-0.4, -0.2) is 63.1 Å². The Labute approximate surface area is 182 Å². The van der Waals surface area contributed by atoms with Gasteiger partial charge in [-0.2, -0.15) is 23.3 Å². The van der Waals surface area contributed by atoms with Crippen LogP contribution in [0.4, 0.5) is 24.9 Å². The number of carbonyl (C=O) groups excluding carboxylic acids is 1. The number of aryl methyl sites for hydroxylation is 1. The molecule has 0 amide bonds. The number of hydrogen-bond acceptors (Lipinski definition) is 7. The molecule has 2 unspecified atom stereocenters. The number of ketones is 1. The van der Waals surface area contributed by atoms with Crippen LogP contribution >= 0.6 is 0 Å². The predicted octanol–water partition coefficient (Wildman–Crippen LogP) is 1.69. The molecule has 1 N–H and O–H groups in total. The van der Waals surface area contributed by atoms with Gasteiger partial charge < -0.3 is 15.0 Å². The van der Waals surface area contributed by atoms with E-state index in [1.807, 2.05) is 0 Å². The number of halogens is 3. The van der Waals surface area contributed by atoms with E-state index in [9.17, 15) is 22.8 Å². The van der Waals surface area contributed by atoms with Crippen molar-refractivity contribution in [1.82, 2.24) is 19.3 Å². The molecule has 2 fully saturated rings. The first kappa shape index (κ1) is 21.0. The molecule has 1 saturated heterocycles. The van der Waals surface area contributed by atoms with Gasteiger partial charge in [0.2, 0.25) is 5.95 Å².